The predicted molar refractivity (Wildman–Crippen MR) is 39.9 cm³/mol. The summed E-state index contributed by atoms with van der Waals surface area (Å²) in [5.41, 5.74) is -2.41. The van der Waals surface area contributed by atoms with Crippen LogP contribution in [0.25, 0.3) is 0 Å². The number of H-pyrrole nitrogens is 3. The molecule has 5 N–H and O–H groups in total. The molecule has 0 aromatic carbocycles. The minimum Gasteiger partial charge on any atom is -1.00 e. The van der Waals surface area contributed by atoms with Crippen molar-refractivity contribution in [3.05, 3.63) is 31.5 Å². The van der Waals surface area contributed by atoms with Gasteiger partial charge in [0.25, 0.3) is 0 Å². The smallest absolute Gasteiger partial charge is 1.00 e. The van der Waals surface area contributed by atoms with E-state index in [0.29, 0.717) is 0 Å². The fraction of sp³-hybridized carbons (Fsp3) is 0. The van der Waals surface area contributed by atoms with Crippen molar-refractivity contribution in [2.24, 2.45) is 0 Å². The molecule has 0 radical (unpaired) electrons. The van der Waals surface area contributed by atoms with Gasteiger partial charge in [0, 0.05) is 0 Å². The minimum absolute atomic E-state index is 0. The van der Waals surface area contributed by atoms with Gasteiger partial charge in [-0.15, -0.1) is 0 Å². The standard InChI is InChI=1S/C3H3N3O3.Ca.H2O.2H/c7-1-4-2(8)6-3(9)5-1;;;;/h(H3,4,5,6,7,8,9);;1H2;;/q;+2;;2*-1. The summed E-state index contributed by atoms with van der Waals surface area (Å²) in [7, 11) is 0. The Morgan fingerprint density at radius 3 is 1.18 bits per heavy atom. The molecule has 0 aliphatic heterocycles. The molecule has 0 saturated carbocycles. The van der Waals surface area contributed by atoms with E-state index < -0.39 is 17.1 Å². The average Bonchev–Trinajstić information content (AvgIpc) is 1.59. The normalized spacial score (nSPS) is 7.64. The van der Waals surface area contributed by atoms with Crippen molar-refractivity contribution < 1.29 is 8.33 Å². The molecular weight excluding hydrogens is 182 g/mol. The molecule has 0 fully saturated rings. The van der Waals surface area contributed by atoms with Gasteiger partial charge in [0.2, 0.25) is 0 Å². The summed E-state index contributed by atoms with van der Waals surface area (Å²) in [6.07, 6.45) is 0. The molecule has 0 amide bonds. The van der Waals surface area contributed by atoms with E-state index in [9.17, 15) is 14.4 Å². The summed E-state index contributed by atoms with van der Waals surface area (Å²) in [6.45, 7) is 0. The number of hydrogen-bond acceptors (Lipinski definition) is 3. The summed E-state index contributed by atoms with van der Waals surface area (Å²) in [5, 5.41) is 0. The van der Waals surface area contributed by atoms with E-state index in [0.717, 1.165) is 0 Å². The Morgan fingerprint density at radius 1 is 0.818 bits per heavy atom. The first-order valence-electron chi connectivity index (χ1n) is 2.11. The molecule has 0 spiro atoms. The van der Waals surface area contributed by atoms with E-state index in [1.165, 1.54) is 0 Å². The van der Waals surface area contributed by atoms with Gasteiger partial charge in [-0.25, -0.2) is 14.4 Å². The van der Waals surface area contributed by atoms with E-state index in [1.54, 1.807) is 15.0 Å². The fourth-order valence-electron chi connectivity index (χ4n) is 0.403. The van der Waals surface area contributed by atoms with Crippen LogP contribution in [-0.2, 0) is 0 Å². The number of nitrogens with one attached hydrogen (secondary N) is 3. The van der Waals surface area contributed by atoms with Gasteiger partial charge >= 0.3 is 54.8 Å². The maximum atomic E-state index is 10.2. The number of hydrogen-bond donors (Lipinski definition) is 3. The van der Waals surface area contributed by atoms with Gasteiger partial charge in [-0.1, -0.05) is 0 Å². The van der Waals surface area contributed by atoms with Crippen LogP contribution in [0.1, 0.15) is 2.85 Å². The molecule has 1 heterocycles. The molecule has 0 unspecified atom stereocenters. The zero-order valence-electron chi connectivity index (χ0n) is 7.43. The molecule has 1 rings (SSSR count). The topological polar surface area (TPSA) is 130 Å². The molecule has 7 nitrogen and oxygen atoms in total. The summed E-state index contributed by atoms with van der Waals surface area (Å²) in [5.74, 6) is 0. The number of aromatic nitrogens is 3. The van der Waals surface area contributed by atoms with Gasteiger partial charge in [-0.2, -0.15) is 0 Å². The van der Waals surface area contributed by atoms with Crippen LogP contribution in [0.15, 0.2) is 14.4 Å². The Bertz CT molecular complexity index is 291. The van der Waals surface area contributed by atoms with Gasteiger partial charge in [-0.3, -0.25) is 15.0 Å². The van der Waals surface area contributed by atoms with Crippen LogP contribution in [0.2, 0.25) is 0 Å². The van der Waals surface area contributed by atoms with E-state index in [1.807, 2.05) is 0 Å². The van der Waals surface area contributed by atoms with Crippen LogP contribution in [-0.4, -0.2) is 58.2 Å². The van der Waals surface area contributed by atoms with Gasteiger partial charge in [0.15, 0.2) is 0 Å². The second-order valence-electron chi connectivity index (χ2n) is 1.36. The van der Waals surface area contributed by atoms with Gasteiger partial charge in [-0.05, 0) is 0 Å². The van der Waals surface area contributed by atoms with Crippen molar-refractivity contribution in [3.8, 4) is 0 Å². The van der Waals surface area contributed by atoms with E-state index in [-0.39, 0.29) is 46.1 Å². The van der Waals surface area contributed by atoms with Gasteiger partial charge in [0.05, 0.1) is 0 Å². The van der Waals surface area contributed by atoms with E-state index >= 15 is 0 Å². The minimum atomic E-state index is -0.802. The van der Waals surface area contributed by atoms with Crippen LogP contribution in [0.4, 0.5) is 0 Å². The van der Waals surface area contributed by atoms with Crippen LogP contribution in [0, 0.1) is 0 Å². The summed E-state index contributed by atoms with van der Waals surface area (Å²) >= 11 is 0. The first-order valence-corrected chi connectivity index (χ1v) is 2.11. The van der Waals surface area contributed by atoms with Gasteiger partial charge in [0.1, 0.15) is 0 Å². The molecule has 0 atom stereocenters. The van der Waals surface area contributed by atoms with Crippen molar-refractivity contribution in [1.82, 2.24) is 15.0 Å². The molecular formula is C3H7CaN3O4. The van der Waals surface area contributed by atoms with Crippen LogP contribution >= 0.6 is 0 Å². The zero-order chi connectivity index (χ0) is 6.85. The third-order valence-electron chi connectivity index (χ3n) is 0.681. The molecule has 1 aromatic rings. The average molecular weight is 189 g/mol. The molecule has 0 aliphatic carbocycles. The SMILES string of the molecule is O.O=c1[nH]c(=O)[nH]c(=O)[nH]1.[Ca+2].[H-].[H-]. The quantitative estimate of drug-likeness (QED) is 0.371. The van der Waals surface area contributed by atoms with Crippen molar-refractivity contribution in [3.63, 3.8) is 0 Å². The maximum Gasteiger partial charge on any atom is 2.00 e. The Hall–Kier alpha value is -0.370. The summed E-state index contributed by atoms with van der Waals surface area (Å²) < 4.78 is 0. The Balaban J connectivity index is -0.000000101. The van der Waals surface area contributed by atoms with Crippen molar-refractivity contribution in [1.29, 1.82) is 0 Å². The maximum absolute atomic E-state index is 10.2. The van der Waals surface area contributed by atoms with Crippen LogP contribution < -0.4 is 17.1 Å². The summed E-state index contributed by atoms with van der Waals surface area (Å²) in [6, 6.07) is 0. The fourth-order valence-corrected chi connectivity index (χ4v) is 0.403. The molecule has 1 aromatic heterocycles. The Kier molecular flexibility index (Phi) is 6.38. The first kappa shape index (κ1) is 13.2. The Morgan fingerprint density at radius 2 is 1.00 bits per heavy atom. The Labute approximate surface area is 92.1 Å². The van der Waals surface area contributed by atoms with Crippen LogP contribution in [0.3, 0.4) is 0 Å². The molecule has 0 aliphatic rings. The van der Waals surface area contributed by atoms with Crippen molar-refractivity contribution >= 4 is 37.7 Å². The van der Waals surface area contributed by atoms with Gasteiger partial charge < -0.3 is 8.33 Å². The number of aromatic amines is 3. The third kappa shape index (κ3) is 4.14. The molecule has 60 valence electrons. The van der Waals surface area contributed by atoms with E-state index in [2.05, 4.69) is 0 Å². The van der Waals surface area contributed by atoms with Crippen LogP contribution in [0.5, 0.6) is 0 Å². The molecule has 8 heteroatoms. The second-order valence-corrected chi connectivity index (χ2v) is 1.36. The molecule has 0 saturated heterocycles. The molecule has 0 bridgehead atoms. The van der Waals surface area contributed by atoms with Crippen molar-refractivity contribution in [2.75, 3.05) is 0 Å². The second kappa shape index (κ2) is 5.30. The van der Waals surface area contributed by atoms with E-state index in [4.69, 9.17) is 0 Å². The largest absolute Gasteiger partial charge is 2.00 e. The first-order chi connectivity index (χ1) is 4.18. The predicted octanol–water partition coefficient (Wildman–Crippen LogP) is -3.23. The van der Waals surface area contributed by atoms with Crippen molar-refractivity contribution in [2.45, 2.75) is 0 Å². The zero-order valence-corrected chi connectivity index (χ0v) is 7.64. The molecule has 11 heavy (non-hydrogen) atoms. The number of rotatable bonds is 0. The summed E-state index contributed by atoms with van der Waals surface area (Å²) in [4.78, 5) is 35.9. The third-order valence-corrected chi connectivity index (χ3v) is 0.681. The monoisotopic (exact) mass is 189 g/mol.